The maximum absolute atomic E-state index is 12.4. The van der Waals surface area contributed by atoms with E-state index in [1.807, 2.05) is 13.8 Å². The van der Waals surface area contributed by atoms with Crippen LogP contribution in [0.25, 0.3) is 0 Å². The Kier molecular flexibility index (Phi) is 7.18. The second-order valence-electron chi connectivity index (χ2n) is 5.97. The van der Waals surface area contributed by atoms with Crippen molar-refractivity contribution >= 4 is 16.0 Å². The van der Waals surface area contributed by atoms with Gasteiger partial charge in [-0.15, -0.1) is 0 Å². The van der Waals surface area contributed by atoms with Crippen LogP contribution in [0.3, 0.4) is 0 Å². The standard InChI is InChI=1S/C16H26N2O4S/c1-12(2)15(17)8-9-18(3)23(20,21)11-13-6-5-7-14(10-13)16(19)22-4/h5-7,10,12,15H,8-9,11,17H2,1-4H3. The quantitative estimate of drug-likeness (QED) is 0.725. The zero-order valence-electron chi connectivity index (χ0n) is 14.2. The molecule has 0 saturated heterocycles. The normalized spacial score (nSPS) is 13.3. The van der Waals surface area contributed by atoms with Crippen molar-refractivity contribution in [3.8, 4) is 0 Å². The minimum Gasteiger partial charge on any atom is -0.465 e. The maximum Gasteiger partial charge on any atom is 0.337 e. The lowest BCUT2D eigenvalue weighted by molar-refractivity contribution is 0.0600. The molecule has 1 rings (SSSR count). The molecule has 1 aromatic carbocycles. The predicted octanol–water partition coefficient (Wildman–Crippen LogP) is 1.61. The highest BCUT2D eigenvalue weighted by Crippen LogP contribution is 2.14. The van der Waals surface area contributed by atoms with Crippen LogP contribution in [0.1, 0.15) is 36.2 Å². The van der Waals surface area contributed by atoms with Gasteiger partial charge < -0.3 is 10.5 Å². The molecule has 0 aliphatic rings. The molecule has 1 aromatic rings. The first-order valence-corrected chi connectivity index (χ1v) is 9.15. The fraction of sp³-hybridized carbons (Fsp3) is 0.562. The number of methoxy groups -OCH3 is 1. The molecule has 0 fully saturated rings. The van der Waals surface area contributed by atoms with Gasteiger partial charge in [-0.25, -0.2) is 17.5 Å². The topological polar surface area (TPSA) is 89.7 Å². The molecule has 23 heavy (non-hydrogen) atoms. The molecule has 1 atom stereocenters. The van der Waals surface area contributed by atoms with Crippen LogP contribution in [0.2, 0.25) is 0 Å². The summed E-state index contributed by atoms with van der Waals surface area (Å²) in [7, 11) is -0.621. The van der Waals surface area contributed by atoms with Crippen molar-refractivity contribution < 1.29 is 17.9 Å². The van der Waals surface area contributed by atoms with E-state index >= 15 is 0 Å². The summed E-state index contributed by atoms with van der Waals surface area (Å²) >= 11 is 0. The largest absolute Gasteiger partial charge is 0.465 e. The third-order valence-corrected chi connectivity index (χ3v) is 5.64. The Morgan fingerprint density at radius 2 is 2.00 bits per heavy atom. The molecule has 0 aliphatic carbocycles. The van der Waals surface area contributed by atoms with Crippen molar-refractivity contribution in [2.24, 2.45) is 11.7 Å². The lowest BCUT2D eigenvalue weighted by atomic mass is 10.0. The van der Waals surface area contributed by atoms with Gasteiger partial charge in [0.15, 0.2) is 0 Å². The first-order valence-electron chi connectivity index (χ1n) is 7.54. The van der Waals surface area contributed by atoms with E-state index in [2.05, 4.69) is 4.74 Å². The van der Waals surface area contributed by atoms with Crippen molar-refractivity contribution in [1.82, 2.24) is 4.31 Å². The molecule has 2 N–H and O–H groups in total. The molecule has 6 nitrogen and oxygen atoms in total. The Balaban J connectivity index is 2.76. The van der Waals surface area contributed by atoms with Crippen molar-refractivity contribution in [2.75, 3.05) is 20.7 Å². The smallest absolute Gasteiger partial charge is 0.337 e. The molecule has 0 saturated carbocycles. The second kappa shape index (κ2) is 8.42. The highest BCUT2D eigenvalue weighted by molar-refractivity contribution is 7.88. The number of rotatable bonds is 8. The van der Waals surface area contributed by atoms with E-state index in [-0.39, 0.29) is 11.8 Å². The van der Waals surface area contributed by atoms with Crippen molar-refractivity contribution in [2.45, 2.75) is 32.1 Å². The summed E-state index contributed by atoms with van der Waals surface area (Å²) in [6.07, 6.45) is 0.607. The highest BCUT2D eigenvalue weighted by atomic mass is 32.2. The number of hydrogen-bond acceptors (Lipinski definition) is 5. The zero-order valence-corrected chi connectivity index (χ0v) is 15.0. The molecular formula is C16H26N2O4S. The van der Waals surface area contributed by atoms with Crippen molar-refractivity contribution in [3.63, 3.8) is 0 Å². The first kappa shape index (κ1) is 19.6. The van der Waals surface area contributed by atoms with Gasteiger partial charge in [0.2, 0.25) is 10.0 Å². The van der Waals surface area contributed by atoms with Gasteiger partial charge in [0.05, 0.1) is 18.4 Å². The van der Waals surface area contributed by atoms with Crippen LogP contribution < -0.4 is 5.73 Å². The number of esters is 1. The van der Waals surface area contributed by atoms with Gasteiger partial charge in [0, 0.05) is 19.6 Å². The van der Waals surface area contributed by atoms with E-state index in [1.165, 1.54) is 17.5 Å². The predicted molar refractivity (Wildman–Crippen MR) is 90.5 cm³/mol. The average Bonchev–Trinajstić information content (AvgIpc) is 2.50. The van der Waals surface area contributed by atoms with Crippen molar-refractivity contribution in [3.05, 3.63) is 35.4 Å². The molecule has 0 amide bonds. The number of carbonyl (C=O) groups is 1. The first-order chi connectivity index (χ1) is 10.7. The molecule has 0 aromatic heterocycles. The van der Waals surface area contributed by atoms with Gasteiger partial charge in [0.1, 0.15) is 0 Å². The summed E-state index contributed by atoms with van der Waals surface area (Å²) in [5, 5.41) is 0. The highest BCUT2D eigenvalue weighted by Gasteiger charge is 2.20. The Morgan fingerprint density at radius 3 is 2.57 bits per heavy atom. The Morgan fingerprint density at radius 1 is 1.35 bits per heavy atom. The zero-order chi connectivity index (χ0) is 17.6. The summed E-state index contributed by atoms with van der Waals surface area (Å²) in [5.41, 5.74) is 6.84. The number of ether oxygens (including phenoxy) is 1. The molecule has 130 valence electrons. The van der Waals surface area contributed by atoms with Gasteiger partial charge in [-0.3, -0.25) is 0 Å². The third-order valence-electron chi connectivity index (χ3n) is 3.81. The van der Waals surface area contributed by atoms with Crippen LogP contribution in [0.5, 0.6) is 0 Å². The molecule has 0 aliphatic heterocycles. The van der Waals surface area contributed by atoms with Crippen LogP contribution in [-0.4, -0.2) is 45.4 Å². The maximum atomic E-state index is 12.4. The lowest BCUT2D eigenvalue weighted by Crippen LogP contribution is -2.35. The summed E-state index contributed by atoms with van der Waals surface area (Å²) in [6.45, 7) is 4.40. The second-order valence-corrected chi connectivity index (χ2v) is 8.04. The molecule has 0 bridgehead atoms. The lowest BCUT2D eigenvalue weighted by Gasteiger charge is -2.21. The van der Waals surface area contributed by atoms with Gasteiger partial charge in [-0.2, -0.15) is 0 Å². The third kappa shape index (κ3) is 5.93. The fourth-order valence-corrected chi connectivity index (χ4v) is 3.23. The van der Waals surface area contributed by atoms with Crippen molar-refractivity contribution in [1.29, 1.82) is 0 Å². The van der Waals surface area contributed by atoms with E-state index in [1.54, 1.807) is 25.2 Å². The van der Waals surface area contributed by atoms with Gasteiger partial charge >= 0.3 is 5.97 Å². The number of benzene rings is 1. The summed E-state index contributed by atoms with van der Waals surface area (Å²) in [4.78, 5) is 11.5. The summed E-state index contributed by atoms with van der Waals surface area (Å²) in [6, 6.07) is 6.42. The minimum atomic E-state index is -3.46. The molecular weight excluding hydrogens is 316 g/mol. The molecule has 0 radical (unpaired) electrons. The molecule has 0 spiro atoms. The minimum absolute atomic E-state index is 0.0321. The van der Waals surface area contributed by atoms with Crippen LogP contribution >= 0.6 is 0 Å². The van der Waals surface area contributed by atoms with E-state index < -0.39 is 16.0 Å². The number of sulfonamides is 1. The molecule has 0 heterocycles. The molecule has 7 heteroatoms. The number of nitrogens with two attached hydrogens (primary N) is 1. The Bertz CT molecular complexity index is 629. The SMILES string of the molecule is COC(=O)c1cccc(CS(=O)(=O)N(C)CCC(N)C(C)C)c1. The number of hydrogen-bond donors (Lipinski definition) is 1. The van der Waals surface area contributed by atoms with E-state index in [4.69, 9.17) is 5.73 Å². The van der Waals surface area contributed by atoms with Gasteiger partial charge in [-0.05, 0) is 30.0 Å². The monoisotopic (exact) mass is 342 g/mol. The summed E-state index contributed by atoms with van der Waals surface area (Å²) < 4.78 is 30.8. The van der Waals surface area contributed by atoms with Crippen LogP contribution in [0, 0.1) is 5.92 Å². The van der Waals surface area contributed by atoms with E-state index in [0.29, 0.717) is 30.0 Å². The fourth-order valence-electron chi connectivity index (χ4n) is 2.03. The summed E-state index contributed by atoms with van der Waals surface area (Å²) in [5.74, 6) is -0.339. The van der Waals surface area contributed by atoms with E-state index in [0.717, 1.165) is 0 Å². The number of nitrogens with zero attached hydrogens (tertiary/aromatic N) is 1. The molecule has 1 unspecified atom stereocenters. The number of carbonyl (C=O) groups excluding carboxylic acids is 1. The van der Waals surface area contributed by atoms with Gasteiger partial charge in [-0.1, -0.05) is 26.0 Å². The van der Waals surface area contributed by atoms with Crippen LogP contribution in [0.4, 0.5) is 0 Å². The van der Waals surface area contributed by atoms with E-state index in [9.17, 15) is 13.2 Å². The Labute approximate surface area is 138 Å². The van der Waals surface area contributed by atoms with Gasteiger partial charge in [0.25, 0.3) is 0 Å². The van der Waals surface area contributed by atoms with Crippen LogP contribution in [0.15, 0.2) is 24.3 Å². The average molecular weight is 342 g/mol. The Hall–Kier alpha value is -1.44. The van der Waals surface area contributed by atoms with Crippen LogP contribution in [-0.2, 0) is 20.5 Å².